The fourth-order valence-corrected chi connectivity index (χ4v) is 2.24. The number of amides is 1. The van der Waals surface area contributed by atoms with Crippen molar-refractivity contribution in [2.24, 2.45) is 5.41 Å². The zero-order chi connectivity index (χ0) is 12.0. The van der Waals surface area contributed by atoms with E-state index >= 15 is 0 Å². The number of nitrogens with one attached hydrogen (secondary N) is 1. The predicted molar refractivity (Wildman–Crippen MR) is 65.1 cm³/mol. The molecule has 0 aromatic heterocycles. The number of unbranched alkanes of at least 4 members (excludes halogenated alkanes) is 1. The lowest BCUT2D eigenvalue weighted by Gasteiger charge is -2.34. The fraction of sp³-hybridized carbons (Fsp3) is 0.923. The maximum absolute atomic E-state index is 11.6. The Morgan fingerprint density at radius 3 is 2.50 bits per heavy atom. The molecule has 0 spiro atoms. The molecule has 1 fully saturated rings. The van der Waals surface area contributed by atoms with Gasteiger partial charge in [-0.2, -0.15) is 0 Å². The van der Waals surface area contributed by atoms with Gasteiger partial charge in [0.05, 0.1) is 0 Å². The third kappa shape index (κ3) is 4.97. The molecule has 0 atom stereocenters. The minimum absolute atomic E-state index is 0.151. The van der Waals surface area contributed by atoms with Crippen LogP contribution in [0.4, 0.5) is 0 Å². The Kier molecular flexibility index (Phi) is 5.26. The van der Waals surface area contributed by atoms with E-state index in [2.05, 4.69) is 19.2 Å². The van der Waals surface area contributed by atoms with Crippen molar-refractivity contribution < 1.29 is 9.90 Å². The molecule has 0 radical (unpaired) electrons. The summed E-state index contributed by atoms with van der Waals surface area (Å²) in [6.07, 6.45) is 6.70. The van der Waals surface area contributed by atoms with Crippen LogP contribution in [0, 0.1) is 5.41 Å². The van der Waals surface area contributed by atoms with Crippen LogP contribution in [0.15, 0.2) is 0 Å². The SMILES string of the molecule is CC1(C)CCC(NC(=O)CCCCO)CC1. The van der Waals surface area contributed by atoms with Crippen LogP contribution in [0.25, 0.3) is 0 Å². The first-order valence-electron chi connectivity index (χ1n) is 6.44. The number of carbonyl (C=O) groups is 1. The van der Waals surface area contributed by atoms with Gasteiger partial charge in [-0.1, -0.05) is 13.8 Å². The maximum Gasteiger partial charge on any atom is 0.220 e. The summed E-state index contributed by atoms with van der Waals surface area (Å²) in [7, 11) is 0. The highest BCUT2D eigenvalue weighted by Crippen LogP contribution is 2.34. The van der Waals surface area contributed by atoms with Gasteiger partial charge in [0, 0.05) is 19.1 Å². The first-order chi connectivity index (χ1) is 7.53. The van der Waals surface area contributed by atoms with E-state index in [0.717, 1.165) is 25.7 Å². The van der Waals surface area contributed by atoms with Crippen LogP contribution in [0.5, 0.6) is 0 Å². The van der Waals surface area contributed by atoms with Gasteiger partial charge in [-0.05, 0) is 43.9 Å². The Morgan fingerprint density at radius 2 is 1.94 bits per heavy atom. The van der Waals surface area contributed by atoms with Crippen molar-refractivity contribution >= 4 is 5.91 Å². The van der Waals surface area contributed by atoms with Gasteiger partial charge >= 0.3 is 0 Å². The summed E-state index contributed by atoms with van der Waals surface area (Å²) in [5.41, 5.74) is 0.456. The summed E-state index contributed by atoms with van der Waals surface area (Å²) in [6.45, 7) is 4.78. The molecule has 1 amide bonds. The van der Waals surface area contributed by atoms with Crippen molar-refractivity contribution in [3.8, 4) is 0 Å². The number of rotatable bonds is 5. The lowest BCUT2D eigenvalue weighted by atomic mass is 9.75. The van der Waals surface area contributed by atoms with E-state index in [1.54, 1.807) is 0 Å². The quantitative estimate of drug-likeness (QED) is 0.708. The molecule has 0 aromatic carbocycles. The molecule has 1 saturated carbocycles. The van der Waals surface area contributed by atoms with Crippen LogP contribution in [-0.2, 0) is 4.79 Å². The maximum atomic E-state index is 11.6. The molecule has 0 bridgehead atoms. The van der Waals surface area contributed by atoms with E-state index < -0.39 is 0 Å². The molecule has 16 heavy (non-hydrogen) atoms. The standard InChI is InChI=1S/C13H25NO2/c1-13(2)8-6-11(7-9-13)14-12(16)5-3-4-10-15/h11,15H,3-10H2,1-2H3,(H,14,16). The number of aliphatic hydroxyl groups excluding tert-OH is 1. The molecule has 1 aliphatic carbocycles. The Morgan fingerprint density at radius 1 is 1.31 bits per heavy atom. The average molecular weight is 227 g/mol. The molecule has 0 saturated heterocycles. The van der Waals surface area contributed by atoms with Crippen molar-refractivity contribution in [3.05, 3.63) is 0 Å². The van der Waals surface area contributed by atoms with E-state index in [9.17, 15) is 4.79 Å². The third-order valence-corrected chi connectivity index (χ3v) is 3.52. The largest absolute Gasteiger partial charge is 0.396 e. The lowest BCUT2D eigenvalue weighted by molar-refractivity contribution is -0.122. The van der Waals surface area contributed by atoms with Gasteiger partial charge in [0.25, 0.3) is 0 Å². The highest BCUT2D eigenvalue weighted by molar-refractivity contribution is 5.76. The second kappa shape index (κ2) is 6.24. The number of hydrogen-bond donors (Lipinski definition) is 2. The molecule has 0 aliphatic heterocycles. The summed E-state index contributed by atoms with van der Waals surface area (Å²) < 4.78 is 0. The predicted octanol–water partition coefficient (Wildman–Crippen LogP) is 2.23. The fourth-order valence-electron chi connectivity index (χ4n) is 2.24. The van der Waals surface area contributed by atoms with Crippen LogP contribution in [-0.4, -0.2) is 23.7 Å². The molecule has 0 aromatic rings. The van der Waals surface area contributed by atoms with Crippen LogP contribution in [0.3, 0.4) is 0 Å². The Labute approximate surface area is 98.6 Å². The second-order valence-corrected chi connectivity index (χ2v) is 5.69. The van der Waals surface area contributed by atoms with E-state index in [0.29, 0.717) is 17.9 Å². The van der Waals surface area contributed by atoms with Gasteiger partial charge in [0.2, 0.25) is 5.91 Å². The van der Waals surface area contributed by atoms with Gasteiger partial charge in [0.1, 0.15) is 0 Å². The van der Waals surface area contributed by atoms with Crippen molar-refractivity contribution in [1.29, 1.82) is 0 Å². The molecule has 2 N–H and O–H groups in total. The van der Waals surface area contributed by atoms with Crippen molar-refractivity contribution in [2.75, 3.05) is 6.61 Å². The minimum Gasteiger partial charge on any atom is -0.396 e. The van der Waals surface area contributed by atoms with Crippen molar-refractivity contribution in [1.82, 2.24) is 5.32 Å². The molecule has 94 valence electrons. The molecule has 1 aliphatic rings. The minimum atomic E-state index is 0.151. The van der Waals surface area contributed by atoms with Gasteiger partial charge < -0.3 is 10.4 Å². The average Bonchev–Trinajstić information content (AvgIpc) is 2.22. The smallest absolute Gasteiger partial charge is 0.220 e. The Bertz CT molecular complexity index is 216. The van der Waals surface area contributed by atoms with E-state index in [1.807, 2.05) is 0 Å². The summed E-state index contributed by atoms with van der Waals surface area (Å²) >= 11 is 0. The lowest BCUT2D eigenvalue weighted by Crippen LogP contribution is -2.39. The number of carbonyl (C=O) groups excluding carboxylic acids is 1. The Balaban J connectivity index is 2.16. The third-order valence-electron chi connectivity index (χ3n) is 3.52. The normalized spacial score (nSPS) is 20.7. The van der Waals surface area contributed by atoms with Crippen LogP contribution in [0.1, 0.15) is 58.8 Å². The molecule has 0 unspecified atom stereocenters. The van der Waals surface area contributed by atoms with Crippen LogP contribution < -0.4 is 5.32 Å². The van der Waals surface area contributed by atoms with Crippen molar-refractivity contribution in [2.45, 2.75) is 64.8 Å². The van der Waals surface area contributed by atoms with Gasteiger partial charge in [-0.15, -0.1) is 0 Å². The summed E-state index contributed by atoms with van der Waals surface area (Å²) in [5.74, 6) is 0.151. The molecule has 3 nitrogen and oxygen atoms in total. The molecule has 3 heteroatoms. The zero-order valence-corrected chi connectivity index (χ0v) is 10.6. The summed E-state index contributed by atoms with van der Waals surface area (Å²) in [4.78, 5) is 11.6. The van der Waals surface area contributed by atoms with E-state index in [1.165, 1.54) is 12.8 Å². The summed E-state index contributed by atoms with van der Waals surface area (Å²) in [5, 5.41) is 11.7. The van der Waals surface area contributed by atoms with Gasteiger partial charge in [-0.3, -0.25) is 4.79 Å². The summed E-state index contributed by atoms with van der Waals surface area (Å²) in [6, 6.07) is 0.384. The van der Waals surface area contributed by atoms with E-state index in [-0.39, 0.29) is 12.5 Å². The first kappa shape index (κ1) is 13.5. The Hall–Kier alpha value is -0.570. The van der Waals surface area contributed by atoms with Crippen molar-refractivity contribution in [3.63, 3.8) is 0 Å². The van der Waals surface area contributed by atoms with E-state index in [4.69, 9.17) is 5.11 Å². The van der Waals surface area contributed by atoms with Crippen LogP contribution in [0.2, 0.25) is 0 Å². The van der Waals surface area contributed by atoms with Gasteiger partial charge in [0.15, 0.2) is 0 Å². The number of aliphatic hydroxyl groups is 1. The van der Waals surface area contributed by atoms with Gasteiger partial charge in [-0.25, -0.2) is 0 Å². The first-order valence-corrected chi connectivity index (χ1v) is 6.44. The number of hydrogen-bond acceptors (Lipinski definition) is 2. The highest BCUT2D eigenvalue weighted by Gasteiger charge is 2.27. The topological polar surface area (TPSA) is 49.3 Å². The molecule has 1 rings (SSSR count). The highest BCUT2D eigenvalue weighted by atomic mass is 16.2. The van der Waals surface area contributed by atoms with Crippen LogP contribution >= 0.6 is 0 Å². The second-order valence-electron chi connectivity index (χ2n) is 5.69. The monoisotopic (exact) mass is 227 g/mol. The molecular formula is C13H25NO2. The molecular weight excluding hydrogens is 202 g/mol. The zero-order valence-electron chi connectivity index (χ0n) is 10.6. The molecule has 0 heterocycles.